The predicted octanol–water partition coefficient (Wildman–Crippen LogP) is 11.2. The number of aromatic amines is 1. The van der Waals surface area contributed by atoms with E-state index in [0.717, 1.165) is 12.8 Å². The summed E-state index contributed by atoms with van der Waals surface area (Å²) in [6.45, 7) is 16.3. The number of hydrogen-bond acceptors (Lipinski definition) is 3. The minimum atomic E-state index is 0.256. The largest absolute Gasteiger partial charge is 0.347 e. The molecule has 1 aromatic rings. The van der Waals surface area contributed by atoms with E-state index < -0.39 is 0 Å². The zero-order valence-corrected chi connectivity index (χ0v) is 27.9. The highest BCUT2D eigenvalue weighted by atomic mass is 15.4. The van der Waals surface area contributed by atoms with Crippen LogP contribution in [-0.4, -0.2) is 32.9 Å². The zero-order chi connectivity index (χ0) is 29.0. The molecule has 0 fully saturated rings. The van der Waals surface area contributed by atoms with Crippen molar-refractivity contribution in [1.29, 1.82) is 0 Å². The number of allylic oxidation sites excluding steroid dienone is 2. The van der Waals surface area contributed by atoms with E-state index in [0.29, 0.717) is 0 Å². The fourth-order valence-electron chi connectivity index (χ4n) is 6.43. The lowest BCUT2D eigenvalue weighted by molar-refractivity contribution is 0.123. The van der Waals surface area contributed by atoms with Gasteiger partial charge in [0.1, 0.15) is 5.82 Å². The molecule has 0 saturated carbocycles. The van der Waals surface area contributed by atoms with Gasteiger partial charge in [-0.05, 0) is 64.2 Å². The molecule has 0 bridgehead atoms. The molecule has 1 aromatic heterocycles. The number of hydrogen-bond donors (Lipinski definition) is 1. The van der Waals surface area contributed by atoms with Crippen LogP contribution in [0.2, 0.25) is 0 Å². The minimum Gasteiger partial charge on any atom is -0.347 e. The molecule has 4 heteroatoms. The molecule has 0 spiro atoms. The molecule has 1 aliphatic heterocycles. The summed E-state index contributed by atoms with van der Waals surface area (Å²) in [6.07, 6.45) is 28.3. The van der Waals surface area contributed by atoms with Crippen LogP contribution in [0.25, 0.3) is 0 Å². The van der Waals surface area contributed by atoms with E-state index in [-0.39, 0.29) is 6.17 Å². The van der Waals surface area contributed by atoms with E-state index in [1.165, 1.54) is 159 Å². The van der Waals surface area contributed by atoms with Crippen molar-refractivity contribution in [2.75, 3.05) is 13.1 Å². The average molecular weight is 557 g/mol. The van der Waals surface area contributed by atoms with Crippen molar-refractivity contribution in [3.8, 4) is 0 Å². The standard InChI is InChI=1S/C36H68N4/c1-7-13-19-25-31-32(26-20-14-8-2)38-35(37-31)36-39(29-23-17-11-5)33(27-21-15-9-3)34(28-22-16-10-4)40(36)30-24-18-12-6/h36H,7-30H2,1-6H3,(H,37,38). The van der Waals surface area contributed by atoms with Crippen molar-refractivity contribution in [3.63, 3.8) is 0 Å². The SMILES string of the molecule is CCCCCC1=C(CCCCC)N(CCCCC)C(c2nc(CCCCC)c(CCCCC)[nH]2)N1CCCCC. The Labute approximate surface area is 250 Å². The van der Waals surface area contributed by atoms with Crippen molar-refractivity contribution in [3.05, 3.63) is 28.6 Å². The maximum absolute atomic E-state index is 5.50. The van der Waals surface area contributed by atoms with Crippen molar-refractivity contribution in [2.45, 2.75) is 189 Å². The highest BCUT2D eigenvalue weighted by Crippen LogP contribution is 2.43. The smallest absolute Gasteiger partial charge is 0.161 e. The second-order valence-electron chi connectivity index (χ2n) is 12.4. The number of unbranched alkanes of at least 4 members (excludes halogenated alkanes) is 12. The van der Waals surface area contributed by atoms with Gasteiger partial charge in [-0.3, -0.25) is 0 Å². The molecule has 2 rings (SSSR count). The van der Waals surface area contributed by atoms with Gasteiger partial charge in [-0.2, -0.15) is 0 Å². The van der Waals surface area contributed by atoms with Gasteiger partial charge in [-0.25, -0.2) is 4.98 Å². The van der Waals surface area contributed by atoms with E-state index in [1.54, 1.807) is 11.4 Å². The molecule has 0 aliphatic carbocycles. The quantitative estimate of drug-likeness (QED) is 0.122. The molecular weight excluding hydrogens is 488 g/mol. The van der Waals surface area contributed by atoms with Gasteiger partial charge >= 0.3 is 0 Å². The highest BCUT2D eigenvalue weighted by Gasteiger charge is 2.39. The maximum Gasteiger partial charge on any atom is 0.161 e. The number of imidazole rings is 1. The Kier molecular flexibility index (Phi) is 18.5. The first-order valence-corrected chi connectivity index (χ1v) is 18.0. The number of nitrogens with one attached hydrogen (secondary N) is 1. The topological polar surface area (TPSA) is 35.2 Å². The Morgan fingerprint density at radius 3 is 1.35 bits per heavy atom. The van der Waals surface area contributed by atoms with Crippen LogP contribution >= 0.6 is 0 Å². The molecule has 0 atom stereocenters. The van der Waals surface area contributed by atoms with E-state index in [4.69, 9.17) is 4.98 Å². The fraction of sp³-hybridized carbons (Fsp3) is 0.861. The van der Waals surface area contributed by atoms with Crippen LogP contribution in [0.3, 0.4) is 0 Å². The van der Waals surface area contributed by atoms with Gasteiger partial charge in [0.15, 0.2) is 6.17 Å². The summed E-state index contributed by atoms with van der Waals surface area (Å²) in [5.41, 5.74) is 6.14. The zero-order valence-electron chi connectivity index (χ0n) is 27.9. The lowest BCUT2D eigenvalue weighted by Gasteiger charge is -2.34. The van der Waals surface area contributed by atoms with Crippen molar-refractivity contribution < 1.29 is 0 Å². The molecule has 0 amide bonds. The molecule has 4 nitrogen and oxygen atoms in total. The average Bonchev–Trinajstić information content (AvgIpc) is 3.48. The number of rotatable bonds is 25. The molecule has 1 aliphatic rings. The van der Waals surface area contributed by atoms with E-state index in [9.17, 15) is 0 Å². The highest BCUT2D eigenvalue weighted by molar-refractivity contribution is 5.26. The minimum absolute atomic E-state index is 0.256. The first-order chi connectivity index (χ1) is 19.7. The van der Waals surface area contributed by atoms with Crippen molar-refractivity contribution in [1.82, 2.24) is 19.8 Å². The molecule has 0 radical (unpaired) electrons. The molecule has 0 saturated heterocycles. The first-order valence-electron chi connectivity index (χ1n) is 18.0. The van der Waals surface area contributed by atoms with E-state index in [1.807, 2.05) is 0 Å². The number of nitrogens with zero attached hydrogens (tertiary/aromatic N) is 3. The molecular formula is C36H68N4. The Morgan fingerprint density at radius 2 is 0.900 bits per heavy atom. The fourth-order valence-corrected chi connectivity index (χ4v) is 6.43. The third-order valence-corrected chi connectivity index (χ3v) is 8.83. The van der Waals surface area contributed by atoms with Crippen LogP contribution in [-0.2, 0) is 12.8 Å². The maximum atomic E-state index is 5.50. The second kappa shape index (κ2) is 21.3. The van der Waals surface area contributed by atoms with Crippen molar-refractivity contribution in [2.24, 2.45) is 0 Å². The molecule has 0 unspecified atom stereocenters. The summed E-state index contributed by atoms with van der Waals surface area (Å²) in [5.74, 6) is 1.24. The Morgan fingerprint density at radius 1 is 0.500 bits per heavy atom. The first kappa shape index (κ1) is 34.7. The summed E-state index contributed by atoms with van der Waals surface area (Å²) in [6, 6.07) is 0. The second-order valence-corrected chi connectivity index (χ2v) is 12.4. The number of aryl methyl sites for hydroxylation is 2. The molecule has 0 aromatic carbocycles. The van der Waals surface area contributed by atoms with Gasteiger partial charge in [0.05, 0.1) is 5.69 Å². The van der Waals surface area contributed by atoms with Gasteiger partial charge in [0.2, 0.25) is 0 Å². The van der Waals surface area contributed by atoms with Gasteiger partial charge in [0, 0.05) is 30.2 Å². The van der Waals surface area contributed by atoms with Gasteiger partial charge in [-0.1, -0.05) is 119 Å². The van der Waals surface area contributed by atoms with Crippen LogP contribution in [0.1, 0.15) is 193 Å². The summed E-state index contributed by atoms with van der Waals surface area (Å²) < 4.78 is 0. The van der Waals surface area contributed by atoms with Gasteiger partial charge in [0.25, 0.3) is 0 Å². The van der Waals surface area contributed by atoms with Crippen LogP contribution < -0.4 is 0 Å². The monoisotopic (exact) mass is 557 g/mol. The van der Waals surface area contributed by atoms with Gasteiger partial charge < -0.3 is 14.8 Å². The van der Waals surface area contributed by atoms with Crippen molar-refractivity contribution >= 4 is 0 Å². The predicted molar refractivity (Wildman–Crippen MR) is 176 cm³/mol. The molecule has 2 heterocycles. The summed E-state index contributed by atoms with van der Waals surface area (Å²) in [4.78, 5) is 15.2. The van der Waals surface area contributed by atoms with Crippen LogP contribution in [0.5, 0.6) is 0 Å². The van der Waals surface area contributed by atoms with E-state index in [2.05, 4.69) is 56.3 Å². The Bertz CT molecular complexity index is 733. The van der Waals surface area contributed by atoms with Crippen LogP contribution in [0.4, 0.5) is 0 Å². The van der Waals surface area contributed by atoms with Crippen LogP contribution in [0.15, 0.2) is 11.4 Å². The third kappa shape index (κ3) is 11.1. The molecule has 232 valence electrons. The summed E-state index contributed by atoms with van der Waals surface area (Å²) >= 11 is 0. The lowest BCUT2D eigenvalue weighted by atomic mass is 10.1. The molecule has 1 N–H and O–H groups in total. The Hall–Kier alpha value is -1.45. The summed E-state index contributed by atoms with van der Waals surface area (Å²) in [7, 11) is 0. The summed E-state index contributed by atoms with van der Waals surface area (Å²) in [5, 5.41) is 0. The number of aromatic nitrogens is 2. The van der Waals surface area contributed by atoms with Crippen LogP contribution in [0, 0.1) is 0 Å². The normalized spacial score (nSPS) is 14.3. The number of H-pyrrole nitrogens is 1. The Balaban J connectivity index is 2.53. The van der Waals surface area contributed by atoms with E-state index >= 15 is 0 Å². The van der Waals surface area contributed by atoms with Gasteiger partial charge in [-0.15, -0.1) is 0 Å². The molecule has 40 heavy (non-hydrogen) atoms. The third-order valence-electron chi connectivity index (χ3n) is 8.83. The lowest BCUT2D eigenvalue weighted by Crippen LogP contribution is -2.35.